The van der Waals surface area contributed by atoms with Crippen molar-refractivity contribution < 1.29 is 18.7 Å². The monoisotopic (exact) mass is 436 g/mol. The summed E-state index contributed by atoms with van der Waals surface area (Å²) in [6.45, 7) is 4.53. The average molecular weight is 436 g/mol. The molecule has 4 aromatic rings. The summed E-state index contributed by atoms with van der Waals surface area (Å²) in [5.74, 6) is 0.294. The maximum absolute atomic E-state index is 12.5. The molecular weight excluding hydrogens is 416 g/mol. The number of carbonyl (C=O) groups is 1. The first-order chi connectivity index (χ1) is 15.1. The minimum Gasteiger partial charge on any atom is -0.494 e. The summed E-state index contributed by atoms with van der Waals surface area (Å²) in [5, 5.41) is 6.37. The maximum atomic E-state index is 12.5. The van der Waals surface area contributed by atoms with Gasteiger partial charge in [0.25, 0.3) is 0 Å². The second-order valence-electron chi connectivity index (χ2n) is 6.54. The number of esters is 1. The number of fused-ring (bicyclic) bond motifs is 1. The highest BCUT2D eigenvalue weighted by molar-refractivity contribution is 7.14. The Morgan fingerprint density at radius 1 is 1.10 bits per heavy atom. The van der Waals surface area contributed by atoms with Crippen LogP contribution in [0.25, 0.3) is 22.2 Å². The summed E-state index contributed by atoms with van der Waals surface area (Å²) in [6.07, 6.45) is 0. The number of carbonyl (C=O) groups excluding carboxylic acids is 1. The SMILES string of the molecule is CCOC(=O)c1ccc(Nc2nc(-c3cc4ccc(OCC)cc4oc3=O)cs2)cc1. The number of hydrogen-bond donors (Lipinski definition) is 1. The first kappa shape index (κ1) is 20.6. The van der Waals surface area contributed by atoms with Crippen molar-refractivity contribution in [1.29, 1.82) is 0 Å². The van der Waals surface area contributed by atoms with E-state index in [1.807, 2.05) is 19.1 Å². The molecule has 0 radical (unpaired) electrons. The number of aromatic nitrogens is 1. The first-order valence-electron chi connectivity index (χ1n) is 9.78. The summed E-state index contributed by atoms with van der Waals surface area (Å²) in [5.41, 5.74) is 2.17. The van der Waals surface area contributed by atoms with Gasteiger partial charge in [0.1, 0.15) is 11.3 Å². The molecule has 8 heteroatoms. The largest absolute Gasteiger partial charge is 0.494 e. The van der Waals surface area contributed by atoms with Gasteiger partial charge in [0.05, 0.1) is 30.0 Å². The molecule has 0 saturated carbocycles. The third-order valence-corrected chi connectivity index (χ3v) is 5.20. The van der Waals surface area contributed by atoms with E-state index in [-0.39, 0.29) is 5.97 Å². The standard InChI is InChI=1S/C23H20N2O5S/c1-3-28-17-10-7-15-11-18(22(27)30-20(15)12-17)19-13-31-23(25-19)24-16-8-5-14(6-9-16)21(26)29-4-2/h5-13H,3-4H2,1-2H3,(H,24,25). The molecule has 158 valence electrons. The Bertz CT molecular complexity index is 1280. The van der Waals surface area contributed by atoms with Gasteiger partial charge in [-0.2, -0.15) is 0 Å². The van der Waals surface area contributed by atoms with E-state index in [1.54, 1.807) is 48.7 Å². The number of thiazole rings is 1. The predicted octanol–water partition coefficient (Wildman–Crippen LogP) is 5.24. The number of hydrogen-bond acceptors (Lipinski definition) is 8. The van der Waals surface area contributed by atoms with E-state index < -0.39 is 5.63 Å². The van der Waals surface area contributed by atoms with Crippen LogP contribution in [0.15, 0.2) is 63.1 Å². The van der Waals surface area contributed by atoms with E-state index in [4.69, 9.17) is 13.9 Å². The van der Waals surface area contributed by atoms with Gasteiger partial charge in [-0.25, -0.2) is 14.6 Å². The van der Waals surface area contributed by atoms with Crippen LogP contribution in [0.2, 0.25) is 0 Å². The van der Waals surface area contributed by atoms with Gasteiger partial charge < -0.3 is 19.2 Å². The fourth-order valence-corrected chi connectivity index (χ4v) is 3.74. The van der Waals surface area contributed by atoms with Crippen molar-refractivity contribution in [2.24, 2.45) is 0 Å². The van der Waals surface area contributed by atoms with E-state index in [1.165, 1.54) is 11.3 Å². The van der Waals surface area contributed by atoms with Crippen molar-refractivity contribution in [1.82, 2.24) is 4.98 Å². The van der Waals surface area contributed by atoms with Crippen molar-refractivity contribution in [3.63, 3.8) is 0 Å². The van der Waals surface area contributed by atoms with E-state index in [2.05, 4.69) is 10.3 Å². The van der Waals surface area contributed by atoms with Crippen LogP contribution in [-0.2, 0) is 4.74 Å². The smallest absolute Gasteiger partial charge is 0.345 e. The first-order valence-corrected chi connectivity index (χ1v) is 10.7. The van der Waals surface area contributed by atoms with Gasteiger partial charge in [-0.15, -0.1) is 11.3 Å². The van der Waals surface area contributed by atoms with Crippen LogP contribution < -0.4 is 15.7 Å². The topological polar surface area (TPSA) is 90.7 Å². The number of nitrogens with zero attached hydrogens (tertiary/aromatic N) is 1. The third kappa shape index (κ3) is 4.59. The fourth-order valence-electron chi connectivity index (χ4n) is 3.01. The van der Waals surface area contributed by atoms with Crippen molar-refractivity contribution in [3.05, 3.63) is 69.9 Å². The highest BCUT2D eigenvalue weighted by Gasteiger charge is 2.13. The van der Waals surface area contributed by atoms with Crippen LogP contribution in [-0.4, -0.2) is 24.2 Å². The summed E-state index contributed by atoms with van der Waals surface area (Å²) in [4.78, 5) is 28.8. The minimum absolute atomic E-state index is 0.331. The van der Waals surface area contributed by atoms with Gasteiger partial charge in [-0.1, -0.05) is 0 Å². The Labute approximate surface area is 182 Å². The lowest BCUT2D eigenvalue weighted by molar-refractivity contribution is 0.0526. The fraction of sp³-hybridized carbons (Fsp3) is 0.174. The van der Waals surface area contributed by atoms with Crippen molar-refractivity contribution in [3.8, 4) is 17.0 Å². The molecule has 0 atom stereocenters. The van der Waals surface area contributed by atoms with Crippen LogP contribution in [0.4, 0.5) is 10.8 Å². The third-order valence-electron chi connectivity index (χ3n) is 4.45. The van der Waals surface area contributed by atoms with Crippen LogP contribution in [0.5, 0.6) is 5.75 Å². The molecule has 2 heterocycles. The number of nitrogens with one attached hydrogen (secondary N) is 1. The van der Waals surface area contributed by atoms with Crippen molar-refractivity contribution >= 4 is 39.1 Å². The molecule has 0 spiro atoms. The van der Waals surface area contributed by atoms with E-state index in [9.17, 15) is 9.59 Å². The molecule has 0 aliphatic heterocycles. The second-order valence-corrected chi connectivity index (χ2v) is 7.40. The molecule has 4 rings (SSSR count). The molecule has 0 amide bonds. The van der Waals surface area contributed by atoms with Crippen LogP contribution in [0, 0.1) is 0 Å². The molecule has 2 aromatic carbocycles. The number of benzene rings is 2. The molecule has 0 saturated heterocycles. The summed E-state index contributed by atoms with van der Waals surface area (Å²) >= 11 is 1.37. The molecule has 0 unspecified atom stereocenters. The Morgan fingerprint density at radius 3 is 2.65 bits per heavy atom. The highest BCUT2D eigenvalue weighted by Crippen LogP contribution is 2.28. The summed E-state index contributed by atoms with van der Waals surface area (Å²) in [7, 11) is 0. The molecule has 0 aliphatic rings. The lowest BCUT2D eigenvalue weighted by Crippen LogP contribution is -2.04. The van der Waals surface area contributed by atoms with Crippen LogP contribution in [0.1, 0.15) is 24.2 Å². The average Bonchev–Trinajstić information content (AvgIpc) is 3.22. The molecule has 0 aliphatic carbocycles. The van der Waals surface area contributed by atoms with Crippen LogP contribution >= 0.6 is 11.3 Å². The molecule has 2 aromatic heterocycles. The van der Waals surface area contributed by atoms with Gasteiger partial charge in [0.15, 0.2) is 5.13 Å². The zero-order chi connectivity index (χ0) is 21.8. The minimum atomic E-state index is -0.461. The van der Waals surface area contributed by atoms with E-state index in [0.717, 1.165) is 11.1 Å². The Balaban J connectivity index is 1.55. The molecule has 0 bridgehead atoms. The van der Waals surface area contributed by atoms with Crippen molar-refractivity contribution in [2.45, 2.75) is 13.8 Å². The Kier molecular flexibility index (Phi) is 5.99. The van der Waals surface area contributed by atoms with E-state index in [0.29, 0.717) is 46.5 Å². The maximum Gasteiger partial charge on any atom is 0.345 e. The summed E-state index contributed by atoms with van der Waals surface area (Å²) < 4.78 is 15.9. The van der Waals surface area contributed by atoms with Gasteiger partial charge >= 0.3 is 11.6 Å². The molecule has 7 nitrogen and oxygen atoms in total. The van der Waals surface area contributed by atoms with Crippen molar-refractivity contribution in [2.75, 3.05) is 18.5 Å². The highest BCUT2D eigenvalue weighted by atomic mass is 32.1. The summed E-state index contributed by atoms with van der Waals surface area (Å²) in [6, 6.07) is 14.1. The zero-order valence-electron chi connectivity index (χ0n) is 17.0. The van der Waals surface area contributed by atoms with Gasteiger partial charge in [-0.3, -0.25) is 0 Å². The molecule has 0 fully saturated rings. The van der Waals surface area contributed by atoms with Crippen LogP contribution in [0.3, 0.4) is 0 Å². The molecular formula is C23H20N2O5S. The molecule has 1 N–H and O–H groups in total. The zero-order valence-corrected chi connectivity index (χ0v) is 17.8. The lowest BCUT2D eigenvalue weighted by Gasteiger charge is -2.05. The second kappa shape index (κ2) is 9.01. The predicted molar refractivity (Wildman–Crippen MR) is 120 cm³/mol. The van der Waals surface area contributed by atoms with Gasteiger partial charge in [0.2, 0.25) is 0 Å². The Morgan fingerprint density at radius 2 is 1.90 bits per heavy atom. The molecule has 31 heavy (non-hydrogen) atoms. The Hall–Kier alpha value is -3.65. The van der Waals surface area contributed by atoms with Gasteiger partial charge in [0, 0.05) is 22.5 Å². The van der Waals surface area contributed by atoms with E-state index >= 15 is 0 Å². The number of anilines is 2. The number of ether oxygens (including phenoxy) is 2. The normalized spacial score (nSPS) is 10.8. The van der Waals surface area contributed by atoms with Gasteiger partial charge in [-0.05, 0) is 56.3 Å². The number of rotatable bonds is 7. The lowest BCUT2D eigenvalue weighted by atomic mass is 10.1. The quantitative estimate of drug-likeness (QED) is 0.313.